The average molecular weight is 556 g/mol. The van der Waals surface area contributed by atoms with E-state index in [0.29, 0.717) is 24.7 Å². The van der Waals surface area contributed by atoms with Crippen molar-refractivity contribution in [1.82, 2.24) is 25.1 Å². The minimum absolute atomic E-state index is 0.0201. The number of hydrogen-bond acceptors (Lipinski definition) is 7. The Labute approximate surface area is 229 Å². The smallest absolute Gasteiger partial charge is 0.323 e. The van der Waals surface area contributed by atoms with Crippen LogP contribution in [-0.2, 0) is 11.2 Å². The maximum atomic E-state index is 14.7. The Morgan fingerprint density at radius 1 is 1.10 bits per heavy atom. The van der Waals surface area contributed by atoms with Gasteiger partial charge in [0, 0.05) is 31.3 Å². The number of benzene rings is 2. The number of thiocarbonyl (C=S) groups is 1. The number of anilines is 2. The van der Waals surface area contributed by atoms with Crippen molar-refractivity contribution in [2.45, 2.75) is 18.9 Å². The fraction of sp³-hybridized carbons (Fsp3) is 0.269. The van der Waals surface area contributed by atoms with Crippen LogP contribution in [0.1, 0.15) is 12.0 Å². The Hall–Kier alpha value is -4.23. The third-order valence-corrected chi connectivity index (χ3v) is 6.20. The summed E-state index contributed by atoms with van der Waals surface area (Å²) in [5, 5.41) is 7.71. The van der Waals surface area contributed by atoms with E-state index in [2.05, 4.69) is 30.8 Å². The van der Waals surface area contributed by atoms with Gasteiger partial charge in [-0.3, -0.25) is 10.1 Å². The maximum Gasteiger partial charge on any atom is 0.323 e. The van der Waals surface area contributed by atoms with Gasteiger partial charge < -0.3 is 25.2 Å². The van der Waals surface area contributed by atoms with Gasteiger partial charge in [0.05, 0.1) is 12.1 Å². The summed E-state index contributed by atoms with van der Waals surface area (Å²) in [5.74, 6) is -1.02. The van der Waals surface area contributed by atoms with Crippen LogP contribution in [0.15, 0.2) is 54.9 Å². The van der Waals surface area contributed by atoms with E-state index < -0.39 is 17.5 Å². The Morgan fingerprint density at radius 2 is 1.87 bits per heavy atom. The minimum atomic E-state index is -0.685. The van der Waals surface area contributed by atoms with Crippen molar-refractivity contribution < 1.29 is 23.1 Å². The standard InChI is InChI=1S/C26H27F2N7O3S/c1-34(2)18-9-10-35(14-18)26(37)32-22-13-24(30-15-29-22)38-19-7-8-21(20(28)12-19)31-25(39)33-23(36)11-16-3-5-17(27)6-4-16/h3-8,12-13,15,18H,9-11,14H2,1-2H3,(H,29,30,32,37)(H2,31,33,36,39)/t18-/m0/s1. The average Bonchev–Trinajstić information content (AvgIpc) is 3.38. The number of carbonyl (C=O) groups is 2. The molecule has 4 rings (SSSR count). The number of hydrogen-bond donors (Lipinski definition) is 3. The largest absolute Gasteiger partial charge is 0.439 e. The second-order valence-electron chi connectivity index (χ2n) is 9.07. The van der Waals surface area contributed by atoms with Crippen LogP contribution in [0.5, 0.6) is 11.6 Å². The van der Waals surface area contributed by atoms with Crippen molar-refractivity contribution in [3.05, 3.63) is 72.1 Å². The van der Waals surface area contributed by atoms with Crippen LogP contribution in [0.4, 0.5) is 25.1 Å². The molecule has 3 aromatic rings. The van der Waals surface area contributed by atoms with Crippen molar-refractivity contribution >= 4 is 40.8 Å². The molecule has 0 radical (unpaired) electrons. The molecule has 1 atom stereocenters. The normalized spacial score (nSPS) is 14.7. The summed E-state index contributed by atoms with van der Waals surface area (Å²) in [6.45, 7) is 1.26. The molecule has 39 heavy (non-hydrogen) atoms. The lowest BCUT2D eigenvalue weighted by Gasteiger charge is -2.20. The SMILES string of the molecule is CN(C)[C@H]1CCN(C(=O)Nc2cc(Oc3ccc(NC(=S)NC(=O)Cc4ccc(F)cc4)c(F)c3)ncn2)C1. The summed E-state index contributed by atoms with van der Waals surface area (Å²) in [5.41, 5.74) is 0.623. The van der Waals surface area contributed by atoms with E-state index in [9.17, 15) is 18.4 Å². The molecule has 1 aliphatic rings. The Morgan fingerprint density at radius 3 is 2.56 bits per heavy atom. The molecule has 0 saturated carbocycles. The van der Waals surface area contributed by atoms with Crippen molar-refractivity contribution in [3.63, 3.8) is 0 Å². The molecular formula is C26H27F2N7O3S. The Bertz CT molecular complexity index is 1360. The van der Waals surface area contributed by atoms with Crippen molar-refractivity contribution in [3.8, 4) is 11.6 Å². The molecule has 3 N–H and O–H groups in total. The summed E-state index contributed by atoms with van der Waals surface area (Å²) >= 11 is 5.10. The highest BCUT2D eigenvalue weighted by Crippen LogP contribution is 2.25. The zero-order valence-corrected chi connectivity index (χ0v) is 22.1. The first-order valence-corrected chi connectivity index (χ1v) is 12.4. The third-order valence-electron chi connectivity index (χ3n) is 6.00. The lowest BCUT2D eigenvalue weighted by molar-refractivity contribution is -0.119. The number of ether oxygens (including phenoxy) is 1. The molecule has 13 heteroatoms. The summed E-state index contributed by atoms with van der Waals surface area (Å²) in [4.78, 5) is 36.6. The van der Waals surface area contributed by atoms with Gasteiger partial charge in [-0.15, -0.1) is 0 Å². The van der Waals surface area contributed by atoms with Gasteiger partial charge >= 0.3 is 6.03 Å². The van der Waals surface area contributed by atoms with Gasteiger partial charge in [-0.1, -0.05) is 12.1 Å². The number of carbonyl (C=O) groups excluding carboxylic acids is 2. The number of nitrogens with one attached hydrogen (secondary N) is 3. The molecule has 0 unspecified atom stereocenters. The molecule has 2 heterocycles. The first kappa shape index (κ1) is 27.8. The number of rotatable bonds is 7. The summed E-state index contributed by atoms with van der Waals surface area (Å²) < 4.78 is 33.3. The lowest BCUT2D eigenvalue weighted by Crippen LogP contribution is -2.37. The van der Waals surface area contributed by atoms with E-state index in [1.165, 1.54) is 48.8 Å². The van der Waals surface area contributed by atoms with Gasteiger partial charge in [0.25, 0.3) is 0 Å². The molecule has 1 fully saturated rings. The summed E-state index contributed by atoms with van der Waals surface area (Å²) in [7, 11) is 3.96. The monoisotopic (exact) mass is 555 g/mol. The van der Waals surface area contributed by atoms with E-state index in [-0.39, 0.29) is 40.7 Å². The Balaban J connectivity index is 1.30. The van der Waals surface area contributed by atoms with Gasteiger partial charge in [-0.25, -0.2) is 23.5 Å². The first-order valence-electron chi connectivity index (χ1n) is 12.0. The zero-order chi connectivity index (χ0) is 27.9. The van der Waals surface area contributed by atoms with Gasteiger partial charge in [0.1, 0.15) is 29.5 Å². The second-order valence-corrected chi connectivity index (χ2v) is 9.48. The van der Waals surface area contributed by atoms with Crippen molar-refractivity contribution in [2.75, 3.05) is 37.8 Å². The maximum absolute atomic E-state index is 14.7. The van der Waals surface area contributed by atoms with Gasteiger partial charge in [-0.05, 0) is 62.6 Å². The molecule has 1 aliphatic heterocycles. The summed E-state index contributed by atoms with van der Waals surface area (Å²) in [6, 6.07) is 11.0. The van der Waals surface area contributed by atoms with Crippen LogP contribution in [0, 0.1) is 11.6 Å². The number of halogens is 2. The van der Waals surface area contributed by atoms with Gasteiger partial charge in [0.2, 0.25) is 11.8 Å². The number of aromatic nitrogens is 2. The fourth-order valence-electron chi connectivity index (χ4n) is 3.89. The minimum Gasteiger partial charge on any atom is -0.439 e. The van der Waals surface area contributed by atoms with E-state index >= 15 is 0 Å². The topological polar surface area (TPSA) is 112 Å². The van der Waals surface area contributed by atoms with Crippen molar-refractivity contribution in [2.24, 2.45) is 0 Å². The molecule has 2 aromatic carbocycles. The van der Waals surface area contributed by atoms with Crippen LogP contribution >= 0.6 is 12.2 Å². The van der Waals surface area contributed by atoms with Crippen molar-refractivity contribution in [1.29, 1.82) is 0 Å². The Kier molecular flexibility index (Phi) is 8.94. The van der Waals surface area contributed by atoms with E-state index in [1.54, 1.807) is 4.90 Å². The number of likely N-dealkylation sites (N-methyl/N-ethyl adjacent to an activating group) is 1. The summed E-state index contributed by atoms with van der Waals surface area (Å²) in [6.07, 6.45) is 2.10. The molecule has 0 bridgehead atoms. The second kappa shape index (κ2) is 12.5. The highest BCUT2D eigenvalue weighted by Gasteiger charge is 2.27. The quantitative estimate of drug-likeness (QED) is 0.378. The van der Waals surface area contributed by atoms with E-state index in [1.807, 2.05) is 14.1 Å². The van der Waals surface area contributed by atoms with E-state index in [4.69, 9.17) is 17.0 Å². The number of likely N-dealkylation sites (tertiary alicyclic amines) is 1. The molecule has 0 spiro atoms. The molecule has 3 amide bonds. The van der Waals surface area contributed by atoms with Crippen LogP contribution in [0.25, 0.3) is 0 Å². The van der Waals surface area contributed by atoms with Crippen LogP contribution in [-0.4, -0.2) is 70.0 Å². The number of nitrogens with zero attached hydrogens (tertiary/aromatic N) is 4. The molecule has 0 aliphatic carbocycles. The van der Waals surface area contributed by atoms with Crippen LogP contribution < -0.4 is 20.7 Å². The van der Waals surface area contributed by atoms with E-state index in [0.717, 1.165) is 12.5 Å². The van der Waals surface area contributed by atoms with Gasteiger partial charge in [-0.2, -0.15) is 0 Å². The predicted octanol–water partition coefficient (Wildman–Crippen LogP) is 3.77. The first-order chi connectivity index (χ1) is 18.7. The van der Waals surface area contributed by atoms with Gasteiger partial charge in [0.15, 0.2) is 5.11 Å². The zero-order valence-electron chi connectivity index (χ0n) is 21.3. The molecule has 1 saturated heterocycles. The molecule has 1 aromatic heterocycles. The highest BCUT2D eigenvalue weighted by molar-refractivity contribution is 7.80. The third kappa shape index (κ3) is 7.88. The number of amides is 3. The highest BCUT2D eigenvalue weighted by atomic mass is 32.1. The predicted molar refractivity (Wildman–Crippen MR) is 146 cm³/mol. The van der Waals surface area contributed by atoms with Crippen LogP contribution in [0.2, 0.25) is 0 Å². The molecular weight excluding hydrogens is 528 g/mol. The molecule has 204 valence electrons. The molecule has 10 nitrogen and oxygen atoms in total. The lowest BCUT2D eigenvalue weighted by atomic mass is 10.1. The number of urea groups is 1. The fourth-order valence-corrected chi connectivity index (χ4v) is 4.12. The van der Waals surface area contributed by atoms with Crippen LogP contribution in [0.3, 0.4) is 0 Å².